The summed E-state index contributed by atoms with van der Waals surface area (Å²) in [6.07, 6.45) is 0.869. The molecule has 4 nitrogen and oxygen atoms in total. The molecule has 0 unspecified atom stereocenters. The Morgan fingerprint density at radius 2 is 2.15 bits per heavy atom. The average Bonchev–Trinajstić information content (AvgIpc) is 2.51. The van der Waals surface area contributed by atoms with Gasteiger partial charge in [-0.25, -0.2) is 0 Å². The molecule has 0 saturated carbocycles. The van der Waals surface area contributed by atoms with E-state index < -0.39 is 5.79 Å². The van der Waals surface area contributed by atoms with Crippen LogP contribution in [0.2, 0.25) is 0 Å². The summed E-state index contributed by atoms with van der Waals surface area (Å²) in [6, 6.07) is 1.82. The van der Waals surface area contributed by atoms with Crippen molar-refractivity contribution in [1.82, 2.24) is 0 Å². The van der Waals surface area contributed by atoms with Gasteiger partial charge in [0.2, 0.25) is 0 Å². The third kappa shape index (κ3) is 3.13. The van der Waals surface area contributed by atoms with Gasteiger partial charge in [-0.1, -0.05) is 0 Å². The van der Waals surface area contributed by atoms with Gasteiger partial charge >= 0.3 is 0 Å². The van der Waals surface area contributed by atoms with Crippen molar-refractivity contribution < 1.29 is 14.3 Å². The number of ether oxygens (including phenoxy) is 2. The summed E-state index contributed by atoms with van der Waals surface area (Å²) in [5.74, 6) is -0.659. The third-order valence-electron chi connectivity index (χ3n) is 2.03. The minimum Gasteiger partial charge on any atom is -0.348 e. The molecule has 1 saturated heterocycles. The molecule has 1 rings (SSSR count). The molecular formula is C9H13NO3. The Morgan fingerprint density at radius 3 is 2.69 bits per heavy atom. The number of hydrogen-bond donors (Lipinski definition) is 0. The Balaban J connectivity index is 2.25. The SMILES string of the molecule is CC1(CCC(=O)CC#N)OCCO1. The Morgan fingerprint density at radius 1 is 1.54 bits per heavy atom. The molecule has 0 aromatic rings. The molecule has 0 amide bonds. The van der Waals surface area contributed by atoms with E-state index in [1.165, 1.54) is 0 Å². The van der Waals surface area contributed by atoms with Gasteiger partial charge in [-0.2, -0.15) is 5.26 Å². The fraction of sp³-hybridized carbons (Fsp3) is 0.778. The van der Waals surface area contributed by atoms with Crippen LogP contribution in [0.4, 0.5) is 0 Å². The van der Waals surface area contributed by atoms with Crippen LogP contribution in [0.25, 0.3) is 0 Å². The lowest BCUT2D eigenvalue weighted by molar-refractivity contribution is -0.151. The maximum absolute atomic E-state index is 11.0. The number of Topliss-reactive ketones (excluding diaryl/α,β-unsaturated/α-hetero) is 1. The molecule has 0 aromatic heterocycles. The number of ketones is 1. The van der Waals surface area contributed by atoms with Gasteiger partial charge in [0.05, 0.1) is 25.7 Å². The van der Waals surface area contributed by atoms with E-state index in [0.717, 1.165) is 0 Å². The Hall–Kier alpha value is -0.920. The molecule has 0 atom stereocenters. The van der Waals surface area contributed by atoms with Crippen LogP contribution in [0.1, 0.15) is 26.2 Å². The van der Waals surface area contributed by atoms with E-state index in [-0.39, 0.29) is 12.2 Å². The van der Waals surface area contributed by atoms with Gasteiger partial charge in [-0.3, -0.25) is 4.79 Å². The molecule has 1 aliphatic heterocycles. The summed E-state index contributed by atoms with van der Waals surface area (Å²) < 4.78 is 10.6. The zero-order valence-electron chi connectivity index (χ0n) is 7.71. The molecular weight excluding hydrogens is 170 g/mol. The van der Waals surface area contributed by atoms with Crippen molar-refractivity contribution in [3.05, 3.63) is 0 Å². The maximum Gasteiger partial charge on any atom is 0.166 e. The third-order valence-corrected chi connectivity index (χ3v) is 2.03. The number of nitrogens with zero attached hydrogens (tertiary/aromatic N) is 1. The van der Waals surface area contributed by atoms with Crippen molar-refractivity contribution in [2.24, 2.45) is 0 Å². The smallest absolute Gasteiger partial charge is 0.166 e. The van der Waals surface area contributed by atoms with Gasteiger partial charge in [0.1, 0.15) is 5.78 Å². The Kier molecular flexibility index (Phi) is 3.40. The quantitative estimate of drug-likeness (QED) is 0.652. The zero-order chi connectivity index (χ0) is 9.73. The number of rotatable bonds is 4. The average molecular weight is 183 g/mol. The highest BCUT2D eigenvalue weighted by Crippen LogP contribution is 2.24. The van der Waals surface area contributed by atoms with E-state index in [0.29, 0.717) is 26.1 Å². The molecule has 0 N–H and O–H groups in total. The minimum atomic E-state index is -0.606. The minimum absolute atomic E-state index is 0.0178. The summed E-state index contributed by atoms with van der Waals surface area (Å²) in [6.45, 7) is 2.99. The molecule has 4 heteroatoms. The first kappa shape index (κ1) is 10.2. The van der Waals surface area contributed by atoms with Crippen molar-refractivity contribution in [3.63, 3.8) is 0 Å². The molecule has 13 heavy (non-hydrogen) atoms. The molecule has 0 aromatic carbocycles. The second kappa shape index (κ2) is 4.35. The zero-order valence-corrected chi connectivity index (χ0v) is 7.71. The van der Waals surface area contributed by atoms with Crippen molar-refractivity contribution >= 4 is 5.78 Å². The second-order valence-electron chi connectivity index (χ2n) is 3.20. The molecule has 0 radical (unpaired) electrons. The van der Waals surface area contributed by atoms with Gasteiger partial charge in [0.25, 0.3) is 0 Å². The second-order valence-corrected chi connectivity index (χ2v) is 3.20. The Bertz CT molecular complexity index is 226. The highest BCUT2D eigenvalue weighted by atomic mass is 16.7. The van der Waals surface area contributed by atoms with E-state index >= 15 is 0 Å². The van der Waals surface area contributed by atoms with Crippen LogP contribution in [0.5, 0.6) is 0 Å². The van der Waals surface area contributed by atoms with Crippen LogP contribution >= 0.6 is 0 Å². The van der Waals surface area contributed by atoms with E-state index in [2.05, 4.69) is 0 Å². The molecule has 1 aliphatic rings. The lowest BCUT2D eigenvalue weighted by atomic mass is 10.1. The first-order chi connectivity index (χ1) is 6.16. The molecule has 1 fully saturated rings. The van der Waals surface area contributed by atoms with Gasteiger partial charge in [0.15, 0.2) is 5.79 Å². The normalized spacial score (nSPS) is 19.7. The predicted molar refractivity (Wildman–Crippen MR) is 44.8 cm³/mol. The number of nitriles is 1. The molecule has 1 heterocycles. The van der Waals surface area contributed by atoms with Crippen molar-refractivity contribution in [3.8, 4) is 6.07 Å². The fourth-order valence-electron chi connectivity index (χ4n) is 1.24. The highest BCUT2D eigenvalue weighted by Gasteiger charge is 2.30. The molecule has 0 aliphatic carbocycles. The summed E-state index contributed by atoms with van der Waals surface area (Å²) >= 11 is 0. The van der Waals surface area contributed by atoms with E-state index in [1.54, 1.807) is 0 Å². The number of carbonyl (C=O) groups is 1. The first-order valence-corrected chi connectivity index (χ1v) is 4.33. The van der Waals surface area contributed by atoms with Crippen LogP contribution in [0.3, 0.4) is 0 Å². The van der Waals surface area contributed by atoms with Crippen molar-refractivity contribution in [2.45, 2.75) is 32.0 Å². The predicted octanol–water partition coefficient (Wildman–Crippen LogP) is 1.01. The summed E-state index contributed by atoms with van der Waals surface area (Å²) in [7, 11) is 0. The number of hydrogen-bond acceptors (Lipinski definition) is 4. The van der Waals surface area contributed by atoms with Crippen LogP contribution in [0.15, 0.2) is 0 Å². The van der Waals surface area contributed by atoms with E-state index in [1.807, 2.05) is 13.0 Å². The standard InChI is InChI=1S/C9H13NO3/c1-9(12-6-7-13-9)4-2-8(11)3-5-10/h2-4,6-7H2,1H3. The van der Waals surface area contributed by atoms with Crippen LogP contribution in [0, 0.1) is 11.3 Å². The van der Waals surface area contributed by atoms with E-state index in [4.69, 9.17) is 14.7 Å². The van der Waals surface area contributed by atoms with Gasteiger partial charge in [-0.05, 0) is 6.92 Å². The van der Waals surface area contributed by atoms with Crippen LogP contribution in [-0.2, 0) is 14.3 Å². The lowest BCUT2D eigenvalue weighted by Gasteiger charge is -2.21. The van der Waals surface area contributed by atoms with Crippen LogP contribution in [-0.4, -0.2) is 24.8 Å². The largest absolute Gasteiger partial charge is 0.348 e. The molecule has 0 spiro atoms. The maximum atomic E-state index is 11.0. The topological polar surface area (TPSA) is 59.3 Å². The summed E-state index contributed by atoms with van der Waals surface area (Å²) in [5.41, 5.74) is 0. The summed E-state index contributed by atoms with van der Waals surface area (Å²) in [5, 5.41) is 8.26. The molecule has 0 bridgehead atoms. The fourth-order valence-corrected chi connectivity index (χ4v) is 1.24. The Labute approximate surface area is 77.4 Å². The van der Waals surface area contributed by atoms with Gasteiger partial charge in [-0.15, -0.1) is 0 Å². The molecule has 72 valence electrons. The van der Waals surface area contributed by atoms with Gasteiger partial charge < -0.3 is 9.47 Å². The van der Waals surface area contributed by atoms with Crippen molar-refractivity contribution in [1.29, 1.82) is 5.26 Å². The van der Waals surface area contributed by atoms with Gasteiger partial charge in [0, 0.05) is 12.8 Å². The first-order valence-electron chi connectivity index (χ1n) is 4.33. The summed E-state index contributed by atoms with van der Waals surface area (Å²) in [4.78, 5) is 11.0. The van der Waals surface area contributed by atoms with E-state index in [9.17, 15) is 4.79 Å². The number of carbonyl (C=O) groups excluding carboxylic acids is 1. The highest BCUT2D eigenvalue weighted by molar-refractivity contribution is 5.80. The van der Waals surface area contributed by atoms with Crippen LogP contribution < -0.4 is 0 Å². The lowest BCUT2D eigenvalue weighted by Crippen LogP contribution is -2.26. The van der Waals surface area contributed by atoms with Crippen molar-refractivity contribution in [2.75, 3.05) is 13.2 Å². The monoisotopic (exact) mass is 183 g/mol.